The highest BCUT2D eigenvalue weighted by atomic mass is 32.2. The van der Waals surface area contributed by atoms with Crippen LogP contribution in [-0.4, -0.2) is 33.2 Å². The van der Waals surface area contributed by atoms with Gasteiger partial charge in [0.15, 0.2) is 5.09 Å². The molecule has 2 aromatic rings. The van der Waals surface area contributed by atoms with Gasteiger partial charge in [-0.25, -0.2) is 4.79 Å². The molecule has 7 nitrogen and oxygen atoms in total. The van der Waals surface area contributed by atoms with Crippen LogP contribution in [0.5, 0.6) is 0 Å². The molecule has 0 bridgehead atoms. The van der Waals surface area contributed by atoms with Crippen molar-refractivity contribution in [3.8, 4) is 0 Å². The summed E-state index contributed by atoms with van der Waals surface area (Å²) in [5, 5.41) is 11.2. The molecule has 0 aliphatic rings. The molecule has 2 amide bonds. The second-order valence-corrected chi connectivity index (χ2v) is 5.07. The van der Waals surface area contributed by atoms with Crippen molar-refractivity contribution in [3.63, 3.8) is 0 Å². The van der Waals surface area contributed by atoms with Crippen molar-refractivity contribution in [2.24, 2.45) is 7.05 Å². The van der Waals surface area contributed by atoms with Crippen molar-refractivity contribution >= 4 is 29.5 Å². The van der Waals surface area contributed by atoms with Crippen LogP contribution in [-0.2, 0) is 11.8 Å². The summed E-state index contributed by atoms with van der Waals surface area (Å²) < 4.78 is 6.58. The monoisotopic (exact) mass is 308 g/mol. The van der Waals surface area contributed by atoms with E-state index in [0.717, 1.165) is 11.8 Å². The van der Waals surface area contributed by atoms with Gasteiger partial charge in [-0.3, -0.25) is 14.9 Å². The summed E-state index contributed by atoms with van der Waals surface area (Å²) in [5.74, 6) is -2.40. The Morgan fingerprint density at radius 1 is 1.33 bits per heavy atom. The van der Waals surface area contributed by atoms with Crippen LogP contribution in [0.1, 0.15) is 21.0 Å². The first-order chi connectivity index (χ1) is 9.97. The predicted molar refractivity (Wildman–Crippen MR) is 74.3 cm³/mol. The minimum absolute atomic E-state index is 0.0528. The van der Waals surface area contributed by atoms with Gasteiger partial charge in [0.1, 0.15) is 5.69 Å². The van der Waals surface area contributed by atoms with Crippen LogP contribution in [0.4, 0.5) is 0 Å². The van der Waals surface area contributed by atoms with Gasteiger partial charge >= 0.3 is 5.97 Å². The minimum atomic E-state index is -1.18. The molecule has 0 radical (unpaired) electrons. The van der Waals surface area contributed by atoms with E-state index < -0.39 is 17.8 Å². The Bertz CT molecular complexity index is 688. The summed E-state index contributed by atoms with van der Waals surface area (Å²) in [7, 11) is 1.70. The molecule has 21 heavy (non-hydrogen) atoms. The summed E-state index contributed by atoms with van der Waals surface area (Å²) in [6.07, 6.45) is 1.70. The fourth-order valence-corrected chi connectivity index (χ4v) is 2.23. The van der Waals surface area contributed by atoms with E-state index in [-0.39, 0.29) is 11.5 Å². The smallest absolute Gasteiger partial charge is 0.371 e. The number of thioether (sulfide) groups is 1. The molecule has 0 saturated carbocycles. The zero-order valence-corrected chi connectivity index (χ0v) is 11.8. The first-order valence-electron chi connectivity index (χ1n) is 5.89. The second-order valence-electron chi connectivity index (χ2n) is 4.09. The number of carboxylic acid groups (broad SMARTS) is 1. The molecule has 0 saturated heterocycles. The molecule has 0 unspecified atom stereocenters. The number of carboxylic acids is 1. The van der Waals surface area contributed by atoms with E-state index in [1.807, 2.05) is 0 Å². The van der Waals surface area contributed by atoms with Crippen molar-refractivity contribution in [3.05, 3.63) is 41.9 Å². The minimum Gasteiger partial charge on any atom is -0.475 e. The van der Waals surface area contributed by atoms with Gasteiger partial charge in [0.25, 0.3) is 5.91 Å². The predicted octanol–water partition coefficient (Wildman–Crippen LogP) is 1.36. The van der Waals surface area contributed by atoms with Gasteiger partial charge in [-0.15, -0.1) is 0 Å². The maximum atomic E-state index is 11.8. The number of carbonyl (C=O) groups excluding carboxylic acids is 2. The molecule has 0 fully saturated rings. The highest BCUT2D eigenvalue weighted by Gasteiger charge is 2.14. The number of nitrogens with one attached hydrogen (secondary N) is 1. The van der Waals surface area contributed by atoms with Gasteiger partial charge in [-0.05, 0) is 24.3 Å². The van der Waals surface area contributed by atoms with E-state index in [1.165, 1.54) is 12.1 Å². The lowest BCUT2D eigenvalue weighted by atomic mass is 10.4. The van der Waals surface area contributed by atoms with E-state index in [9.17, 15) is 14.4 Å². The van der Waals surface area contributed by atoms with Crippen molar-refractivity contribution in [1.82, 2.24) is 9.88 Å². The maximum Gasteiger partial charge on any atom is 0.371 e. The SMILES string of the molecule is Cn1cccc1C(=O)NC(=O)CSc1ccc(C(=O)O)o1. The van der Waals surface area contributed by atoms with Gasteiger partial charge in [0.2, 0.25) is 11.7 Å². The van der Waals surface area contributed by atoms with Crippen molar-refractivity contribution in [2.75, 3.05) is 5.75 Å². The largest absolute Gasteiger partial charge is 0.475 e. The molecule has 8 heteroatoms. The van der Waals surface area contributed by atoms with E-state index in [1.54, 1.807) is 29.9 Å². The van der Waals surface area contributed by atoms with Crippen LogP contribution >= 0.6 is 11.8 Å². The molecule has 2 rings (SSSR count). The summed E-state index contributed by atoms with van der Waals surface area (Å²) in [6.45, 7) is 0. The maximum absolute atomic E-state index is 11.8. The third-order valence-electron chi connectivity index (χ3n) is 2.57. The normalized spacial score (nSPS) is 10.3. The standard InChI is InChI=1S/C13H12N2O5S/c1-15-6-2-3-8(15)12(17)14-10(16)7-21-11-5-4-9(20-11)13(18)19/h2-6H,7H2,1H3,(H,18,19)(H,14,16,17). The Balaban J connectivity index is 1.86. The van der Waals surface area contributed by atoms with Crippen LogP contribution < -0.4 is 5.32 Å². The highest BCUT2D eigenvalue weighted by molar-refractivity contribution is 7.99. The average molecular weight is 308 g/mol. The van der Waals surface area contributed by atoms with Crippen molar-refractivity contribution in [2.45, 2.75) is 5.09 Å². The van der Waals surface area contributed by atoms with Gasteiger partial charge in [0.05, 0.1) is 5.75 Å². The topological polar surface area (TPSA) is 102 Å². The van der Waals surface area contributed by atoms with Gasteiger partial charge < -0.3 is 14.1 Å². The van der Waals surface area contributed by atoms with Crippen LogP contribution in [0, 0.1) is 0 Å². The fourth-order valence-electron chi connectivity index (χ4n) is 1.57. The lowest BCUT2D eigenvalue weighted by Gasteiger charge is -2.04. The second kappa shape index (κ2) is 6.31. The summed E-state index contributed by atoms with van der Waals surface area (Å²) in [4.78, 5) is 34.1. The van der Waals surface area contributed by atoms with Crippen LogP contribution in [0.3, 0.4) is 0 Å². The summed E-state index contributed by atoms with van der Waals surface area (Å²) in [5.41, 5.74) is 0.375. The summed E-state index contributed by atoms with van der Waals surface area (Å²) in [6, 6.07) is 6.06. The van der Waals surface area contributed by atoms with Gasteiger partial charge in [-0.2, -0.15) is 0 Å². The number of imide groups is 1. The first kappa shape index (κ1) is 14.9. The third-order valence-corrected chi connectivity index (χ3v) is 3.48. The molecule has 110 valence electrons. The average Bonchev–Trinajstić information content (AvgIpc) is 3.04. The molecular weight excluding hydrogens is 296 g/mol. The van der Waals surface area contributed by atoms with E-state index in [4.69, 9.17) is 9.52 Å². The van der Waals surface area contributed by atoms with Crippen LogP contribution in [0.2, 0.25) is 0 Å². The van der Waals surface area contributed by atoms with E-state index >= 15 is 0 Å². The van der Waals surface area contributed by atoms with Crippen LogP contribution in [0.25, 0.3) is 0 Å². The Labute approximate surface area is 123 Å². The molecule has 2 heterocycles. The highest BCUT2D eigenvalue weighted by Crippen LogP contribution is 2.20. The Kier molecular flexibility index (Phi) is 4.49. The zero-order valence-electron chi connectivity index (χ0n) is 11.0. The van der Waals surface area contributed by atoms with E-state index in [2.05, 4.69) is 5.32 Å². The number of aromatic carboxylic acids is 1. The van der Waals surface area contributed by atoms with Crippen LogP contribution in [0.15, 0.2) is 40.0 Å². The number of rotatable bonds is 5. The molecule has 0 aliphatic carbocycles. The Morgan fingerprint density at radius 2 is 2.10 bits per heavy atom. The van der Waals surface area contributed by atoms with Gasteiger partial charge in [0, 0.05) is 13.2 Å². The number of nitrogens with zero attached hydrogens (tertiary/aromatic N) is 1. The number of aryl methyl sites for hydroxylation is 1. The number of hydrogen-bond donors (Lipinski definition) is 2. The number of hydrogen-bond acceptors (Lipinski definition) is 5. The number of aromatic nitrogens is 1. The van der Waals surface area contributed by atoms with E-state index in [0.29, 0.717) is 10.8 Å². The number of carbonyl (C=O) groups is 3. The number of amides is 2. The van der Waals surface area contributed by atoms with Gasteiger partial charge in [-0.1, -0.05) is 11.8 Å². The fraction of sp³-hybridized carbons (Fsp3) is 0.154. The number of furan rings is 1. The lowest BCUT2D eigenvalue weighted by Crippen LogP contribution is -2.32. The molecular formula is C13H12N2O5S. The molecule has 0 aromatic carbocycles. The van der Waals surface area contributed by atoms with Crippen molar-refractivity contribution < 1.29 is 23.9 Å². The zero-order chi connectivity index (χ0) is 15.4. The lowest BCUT2D eigenvalue weighted by molar-refractivity contribution is -0.117. The molecule has 0 aliphatic heterocycles. The summed E-state index contributed by atoms with van der Waals surface area (Å²) >= 11 is 1.01. The Morgan fingerprint density at radius 3 is 2.67 bits per heavy atom. The van der Waals surface area contributed by atoms with Crippen molar-refractivity contribution in [1.29, 1.82) is 0 Å². The molecule has 0 spiro atoms. The molecule has 2 aromatic heterocycles. The first-order valence-corrected chi connectivity index (χ1v) is 6.87. The molecule has 0 atom stereocenters. The molecule has 2 N–H and O–H groups in total. The third kappa shape index (κ3) is 3.76. The Hall–Kier alpha value is -2.48. The quantitative estimate of drug-likeness (QED) is 0.809.